The van der Waals surface area contributed by atoms with Gasteiger partial charge in [-0.1, -0.05) is 17.5 Å². The molecule has 0 radical (unpaired) electrons. The monoisotopic (exact) mass is 2070 g/mol. The van der Waals surface area contributed by atoms with E-state index in [9.17, 15) is 57.8 Å². The van der Waals surface area contributed by atoms with Gasteiger partial charge in [-0.15, -0.1) is 5.10 Å². The second kappa shape index (κ2) is 36.4. The van der Waals surface area contributed by atoms with Crippen molar-refractivity contribution in [3.05, 3.63) is 97.2 Å². The maximum atomic E-state index is 16.0. The Bertz CT molecular complexity index is 6750. The number of H-pyrrole nitrogens is 3. The second-order valence-corrected chi connectivity index (χ2v) is 47.6. The topological polar surface area (TPSA) is 669 Å². The number of hydrogen-bond acceptors (Lipinski definition) is 43. The largest absolute Gasteiger partial charge is 0.386 e. The number of carbonyl (C=O) groups is 3. The molecule has 708 valence electrons. The minimum Gasteiger partial charge on any atom is -0.369 e. The third-order valence-corrected chi connectivity index (χ3v) is 31.7. The zero-order chi connectivity index (χ0) is 92.9. The number of ether oxygens (including phenoxy) is 6. The van der Waals surface area contributed by atoms with Crippen molar-refractivity contribution in [2.45, 2.75) is 168 Å². The van der Waals surface area contributed by atoms with Crippen molar-refractivity contribution < 1.29 is 139 Å². The van der Waals surface area contributed by atoms with Crippen LogP contribution in [-0.2, 0) is 146 Å². The van der Waals surface area contributed by atoms with Crippen molar-refractivity contribution >= 4 is 216 Å². The molecule has 12 aliphatic heterocycles. The molecule has 67 heteroatoms. The van der Waals surface area contributed by atoms with Crippen LogP contribution in [0.5, 0.6) is 0 Å². The first-order valence-electron chi connectivity index (χ1n) is 39.3. The maximum absolute atomic E-state index is 16.0. The SMILES string of the molecule is Nc1nc2c(ncn2[C@@H]2O[C@@H]3COP(O)(=S)O[C@H]4[C@H](F)[C@H](n5ccc6c5N=CCC6=O)O[C@@H]4COP(=O)(S)O[C@@H]2[C@@H]3F)c(=O)[nH]1.Nc1nc2c(ncn2[C@@H]2O[C@@H]3COP(O)(=S)O[C@H]4[C@H](F)[C@H](n5ccc6c5N=CCC6=O)O[C@@H]4COP(O)(=S)O[C@@H]2C3)c(=O)[nH]1.Nc1nc2c(nnn2[C@@H]2O[C@@H]3COP(O)(=S)O[C@H]4C[C@H](n5ccc6c5N=CCC6=O)O[C@@H]4COP(O)(=S)O[C@@H]2C3)c(=O)[nH]1. The van der Waals surface area contributed by atoms with E-state index in [4.69, 9.17) is 159 Å². The molecule has 6 bridgehead atoms. The number of halogens is 3. The van der Waals surface area contributed by atoms with E-state index in [-0.39, 0.29) is 144 Å². The Hall–Kier alpha value is -7.06. The van der Waals surface area contributed by atoms with E-state index < -0.39 is 206 Å². The van der Waals surface area contributed by atoms with Crippen LogP contribution in [0, 0.1) is 0 Å². The summed E-state index contributed by atoms with van der Waals surface area (Å²) < 4.78 is 173. The Morgan fingerprint density at radius 2 is 0.818 bits per heavy atom. The molecule has 9 saturated heterocycles. The third-order valence-electron chi connectivity index (χ3n) is 22.2. The highest BCUT2D eigenvalue weighted by atomic mass is 32.7. The molecule has 9 fully saturated rings. The molecule has 52 nitrogen and oxygen atoms in total. The van der Waals surface area contributed by atoms with Crippen LogP contribution in [0.3, 0.4) is 0 Å². The van der Waals surface area contributed by atoms with Gasteiger partial charge in [0.15, 0.2) is 100 Å². The first kappa shape index (κ1) is 93.9. The number of hydrogen-bond donors (Lipinski definition) is 12. The van der Waals surface area contributed by atoms with Crippen molar-refractivity contribution in [1.82, 2.24) is 77.7 Å². The summed E-state index contributed by atoms with van der Waals surface area (Å²) in [4.78, 5) is 169. The molecule has 0 spiro atoms. The quantitative estimate of drug-likeness (QED) is 0.0826. The third kappa shape index (κ3) is 18.9. The van der Waals surface area contributed by atoms with Crippen LogP contribution in [-0.4, -0.2) is 270 Å². The number of nitrogens with zero attached hydrogens (tertiary/aromatic N) is 16. The summed E-state index contributed by atoms with van der Waals surface area (Å²) in [7, 11) is 0. The fraction of sp³-hybridized carbons (Fsp3) is 0.508. The molecule has 27 atom stereocenters. The van der Waals surface area contributed by atoms with Crippen molar-refractivity contribution in [1.29, 1.82) is 0 Å². The summed E-state index contributed by atoms with van der Waals surface area (Å²) in [6.07, 6.45) is -15.3. The molecular weight excluding hydrogens is 2000 g/mol. The highest BCUT2D eigenvalue weighted by Crippen LogP contribution is 2.61. The number of thiol groups is 1. The number of nitrogens with two attached hydrogens (primary N) is 3. The number of Topliss-reactive ketones (excluding diaryl/α,β-unsaturated/α-hetero) is 3. The van der Waals surface area contributed by atoms with Gasteiger partial charge in [-0.05, 0) is 77.2 Å². The lowest BCUT2D eigenvalue weighted by Gasteiger charge is -2.27. The van der Waals surface area contributed by atoms with E-state index in [1.54, 1.807) is 16.8 Å². The van der Waals surface area contributed by atoms with Gasteiger partial charge < -0.3 is 120 Å². The van der Waals surface area contributed by atoms with Crippen molar-refractivity contribution in [2.75, 3.05) is 56.8 Å². The molecule has 14 N–H and O–H groups in total. The lowest BCUT2D eigenvalue weighted by atomic mass is 10.1. The van der Waals surface area contributed by atoms with E-state index in [0.717, 1.165) is 10.9 Å². The number of nitrogen functional groups attached to an aromatic ring is 3. The molecule has 12 aliphatic rings. The van der Waals surface area contributed by atoms with Crippen LogP contribution < -0.4 is 33.9 Å². The van der Waals surface area contributed by atoms with Gasteiger partial charge in [0.2, 0.25) is 17.8 Å². The molecule has 0 aliphatic carbocycles. The summed E-state index contributed by atoms with van der Waals surface area (Å²) in [5.74, 6) is -0.297. The van der Waals surface area contributed by atoms with Crippen LogP contribution in [0.15, 0.2) is 78.8 Å². The number of aromatic amines is 3. The molecule has 0 aromatic carbocycles. The van der Waals surface area contributed by atoms with Gasteiger partial charge in [0.05, 0.1) is 87.3 Å². The van der Waals surface area contributed by atoms with Crippen LogP contribution in [0.25, 0.3) is 33.5 Å². The average Bonchev–Trinajstić information content (AvgIpc) is 1.62. The van der Waals surface area contributed by atoms with Gasteiger partial charge in [0.1, 0.15) is 78.6 Å². The normalized spacial score (nSPS) is 37.7. The molecule has 0 amide bonds. The molecule has 132 heavy (non-hydrogen) atoms. The van der Waals surface area contributed by atoms with Gasteiger partial charge in [0, 0.05) is 75.8 Å². The number of rotatable bonds is 6. The predicted molar refractivity (Wildman–Crippen MR) is 466 cm³/mol. The summed E-state index contributed by atoms with van der Waals surface area (Å²) >= 11 is 30.2. The smallest absolute Gasteiger partial charge is 0.369 e. The fourth-order valence-corrected chi connectivity index (χ4v) is 25.1. The molecule has 21 heterocycles. The summed E-state index contributed by atoms with van der Waals surface area (Å²) in [6.45, 7) is -27.6. The Morgan fingerprint density at radius 1 is 0.417 bits per heavy atom. The van der Waals surface area contributed by atoms with E-state index in [2.05, 4.69) is 77.4 Å². The minimum atomic E-state index is -4.49. The minimum absolute atomic E-state index is 0.0109. The molecular formula is C65H71F3N22O30P6S6. The second-order valence-electron chi connectivity index (χ2n) is 30.8. The molecule has 9 aromatic heterocycles. The summed E-state index contributed by atoms with van der Waals surface area (Å²) in [5, 5.41) is 7.84. The first-order valence-corrected chi connectivity index (χ1v) is 55.0. The molecule has 0 saturated carbocycles. The zero-order valence-corrected chi connectivity index (χ0v) is 76.9. The Kier molecular flexibility index (Phi) is 25.9. The Morgan fingerprint density at radius 3 is 1.33 bits per heavy atom. The number of aliphatic imine (C=N–C) groups is 3. The fourth-order valence-electron chi connectivity index (χ4n) is 16.4. The predicted octanol–water partition coefficient (Wildman–Crippen LogP) is 4.01. The number of fused-ring (bicyclic) bond motifs is 15. The highest BCUT2D eigenvalue weighted by molar-refractivity contribution is 8.44. The number of ketones is 3. The van der Waals surface area contributed by atoms with Gasteiger partial charge in [-0.25, -0.2) is 42.7 Å². The van der Waals surface area contributed by atoms with Crippen molar-refractivity contribution in [3.8, 4) is 0 Å². The number of anilines is 3. The Labute approximate surface area is 765 Å². The molecule has 6 unspecified atom stereocenters. The van der Waals surface area contributed by atoms with Gasteiger partial charge in [-0.2, -0.15) is 19.6 Å². The number of nitrogens with one attached hydrogen (secondary N) is 3. The number of carbonyl (C=O) groups excluding carboxylic acids is 3. The first-order chi connectivity index (χ1) is 62.7. The zero-order valence-electron chi connectivity index (χ0n) is 66.6. The van der Waals surface area contributed by atoms with Crippen LogP contribution in [0.4, 0.5) is 48.5 Å². The average molecular weight is 2080 g/mol. The lowest BCUT2D eigenvalue weighted by molar-refractivity contribution is -0.0637. The van der Waals surface area contributed by atoms with E-state index in [1.165, 1.54) is 67.9 Å². The van der Waals surface area contributed by atoms with E-state index in [1.807, 2.05) is 0 Å². The van der Waals surface area contributed by atoms with E-state index >= 15 is 13.2 Å². The number of aromatic nitrogens is 16. The Balaban J connectivity index is 0.000000128. The van der Waals surface area contributed by atoms with Crippen LogP contribution >= 0.6 is 52.6 Å². The van der Waals surface area contributed by atoms with Crippen molar-refractivity contribution in [3.63, 3.8) is 0 Å². The van der Waals surface area contributed by atoms with Crippen LogP contribution in [0.1, 0.15) is 107 Å². The number of alkyl halides is 3. The lowest BCUT2D eigenvalue weighted by Crippen LogP contribution is -2.34. The number of imidazole rings is 2. The summed E-state index contributed by atoms with van der Waals surface area (Å²) in [6, 6.07) is 4.63. The van der Waals surface area contributed by atoms with E-state index in [0.29, 0.717) is 16.9 Å². The van der Waals surface area contributed by atoms with Crippen molar-refractivity contribution in [2.24, 2.45) is 15.0 Å². The standard InChI is InChI=1S/C22H23F2N7O10P2S2.C22H24FN7O10P2S2.C21H24N8O10P2S2/c23-12-10-5-36-42(34,44)40-15-11(39-20(13(15)24)30-4-2-8-9(32)1-3-26-17(8)30)6-37-43(35,45)41-16(12)21(38-10)31-7-27-14-18(31)28-22(25)29-19(14)33;23-14-16-13(38-21(14)29-4-2-10-11(31)1-3-25-17(10)29)7-36-41(33,43)39-12-5-9(6-35-42(34,44)40-16)37-20(12)30-8-26-15-18(30)27-22(24)28-19(15)32;22-21-24-18-16(19(31)25-21)26-27-29(18)20-13-5-9(36-20)7-34-40(32,42)38-12-6-15(37-14(12)8-35-41(33,43)39-13)28-4-2-10-11(30)1-3-23-17(10)28/h2-4,7,10-13,15-16,20-21H,1,5-6H2,(H,34,44)(H,35,45)(H3,25,28,29,33);2-4,8-9,12-14,16,20-21H,1,5-7H2,(H,33,43)(H,34,44)(H3,24,27,28,32);2-4,9,12-15,20H,1,5-8H2,(H,32,42)(H,33,43)(H3,22,24,25,31)/t10-,11-,12-,13+,15-,16-,20-,21-,42?,43?;9-,12+,13+,14-,16+,20+,21+,41?,42?;9-,12-,13+,14+,15+,20+,40?,41?/m100/s1. The van der Waals surface area contributed by atoms with Gasteiger partial charge in [0.25, 0.3) is 16.7 Å². The maximum Gasteiger partial charge on any atom is 0.386 e. The van der Waals surface area contributed by atoms with Crippen LogP contribution in [0.2, 0.25) is 0 Å². The van der Waals surface area contributed by atoms with Gasteiger partial charge in [-0.3, -0.25) is 70.9 Å². The van der Waals surface area contributed by atoms with Gasteiger partial charge >= 0.3 is 40.4 Å². The summed E-state index contributed by atoms with van der Waals surface area (Å²) in [5.41, 5.74) is 16.0. The highest BCUT2D eigenvalue weighted by Gasteiger charge is 2.57. The molecule has 9 aromatic rings. The molecule has 21 rings (SSSR count).